The summed E-state index contributed by atoms with van der Waals surface area (Å²) in [4.78, 5) is 3.88. The average Bonchev–Trinajstić information content (AvgIpc) is 3.42. The summed E-state index contributed by atoms with van der Waals surface area (Å²) in [6, 6.07) is 5.83. The lowest BCUT2D eigenvalue weighted by atomic mass is 9.87. The van der Waals surface area contributed by atoms with E-state index in [4.69, 9.17) is 4.78 Å². The first-order valence-corrected chi connectivity index (χ1v) is 12.6. The first kappa shape index (κ1) is 24.7. The van der Waals surface area contributed by atoms with Gasteiger partial charge in [0.25, 0.3) is 0 Å². The molecule has 32 heavy (non-hydrogen) atoms. The van der Waals surface area contributed by atoms with Gasteiger partial charge in [0, 0.05) is 6.42 Å². The zero-order chi connectivity index (χ0) is 23.8. The van der Waals surface area contributed by atoms with Gasteiger partial charge >= 0.3 is 0 Å². The van der Waals surface area contributed by atoms with E-state index in [2.05, 4.69) is 15.8 Å². The van der Waals surface area contributed by atoms with Crippen molar-refractivity contribution < 1.29 is 24.6 Å². The second kappa shape index (κ2) is 9.15. The van der Waals surface area contributed by atoms with Gasteiger partial charge in [-0.3, -0.25) is 0 Å². The highest BCUT2D eigenvalue weighted by atomic mass is 32.2. The van der Waals surface area contributed by atoms with Crippen LogP contribution in [0.15, 0.2) is 16.3 Å². The number of thiazole rings is 1. The molecule has 0 amide bonds. The van der Waals surface area contributed by atoms with Crippen LogP contribution in [0.5, 0.6) is 0 Å². The Morgan fingerprint density at radius 2 is 2.06 bits per heavy atom. The van der Waals surface area contributed by atoms with E-state index in [1.165, 1.54) is 0 Å². The van der Waals surface area contributed by atoms with Gasteiger partial charge in [-0.15, -0.1) is 11.3 Å². The molecule has 9 nitrogen and oxygen atoms in total. The van der Waals surface area contributed by atoms with E-state index in [9.17, 15) is 29.9 Å². The van der Waals surface area contributed by atoms with Crippen LogP contribution in [-0.4, -0.2) is 35.8 Å². The van der Waals surface area contributed by atoms with Gasteiger partial charge < -0.3 is 20.4 Å². The molecule has 0 aliphatic heterocycles. The number of nitrogens with one attached hydrogen (secondary N) is 2. The molecule has 2 aromatic rings. The highest BCUT2D eigenvalue weighted by molar-refractivity contribution is 7.92. The Bertz CT molecular complexity index is 1120. The predicted molar refractivity (Wildman–Crippen MR) is 119 cm³/mol. The van der Waals surface area contributed by atoms with Crippen molar-refractivity contribution in [1.29, 1.82) is 10.0 Å². The summed E-state index contributed by atoms with van der Waals surface area (Å²) in [5, 5.41) is 49.0. The van der Waals surface area contributed by atoms with E-state index in [1.807, 2.05) is 19.9 Å². The lowest BCUT2D eigenvalue weighted by Gasteiger charge is -2.22. The van der Waals surface area contributed by atoms with Crippen molar-refractivity contribution in [3.05, 3.63) is 45.1 Å². The van der Waals surface area contributed by atoms with Crippen LogP contribution in [0.4, 0.5) is 0 Å². The van der Waals surface area contributed by atoms with Gasteiger partial charge in [-0.1, -0.05) is 13.8 Å². The van der Waals surface area contributed by atoms with E-state index < -0.39 is 28.5 Å². The summed E-state index contributed by atoms with van der Waals surface area (Å²) in [5.41, 5.74) is 3.25. The molecule has 0 spiro atoms. The minimum atomic E-state index is -3.80. The third kappa shape index (κ3) is 5.35. The van der Waals surface area contributed by atoms with Crippen molar-refractivity contribution in [1.82, 2.24) is 9.71 Å². The van der Waals surface area contributed by atoms with E-state index in [0.29, 0.717) is 22.8 Å². The molecule has 1 saturated carbocycles. The largest absolute Gasteiger partial charge is 0.390 e. The van der Waals surface area contributed by atoms with Crippen LogP contribution < -0.4 is 4.72 Å². The van der Waals surface area contributed by atoms with E-state index >= 15 is 0 Å². The van der Waals surface area contributed by atoms with E-state index in [0.717, 1.165) is 36.5 Å². The lowest BCUT2D eigenvalue weighted by molar-refractivity contribution is -0.152. The summed E-state index contributed by atoms with van der Waals surface area (Å²) >= 11 is 0.634. The lowest BCUT2D eigenvalue weighted by Crippen LogP contribution is -2.36. The third-order valence-corrected chi connectivity index (χ3v) is 8.67. The summed E-state index contributed by atoms with van der Waals surface area (Å²) in [6.45, 7) is 4.42. The minimum absolute atomic E-state index is 0.0821. The number of aromatic nitrogens is 1. The first-order chi connectivity index (χ1) is 14.9. The molecule has 2 unspecified atom stereocenters. The molecule has 11 heteroatoms. The van der Waals surface area contributed by atoms with Crippen molar-refractivity contribution in [2.75, 3.05) is 0 Å². The predicted octanol–water partition coefficient (Wildman–Crippen LogP) is 2.14. The molecule has 1 aliphatic carbocycles. The number of nitriles is 1. The second-order valence-electron chi connectivity index (χ2n) is 8.50. The molecule has 2 atom stereocenters. The van der Waals surface area contributed by atoms with Gasteiger partial charge in [-0.25, -0.2) is 14.0 Å². The molecule has 1 fully saturated rings. The number of aliphatic hydroxyl groups excluding tert-OH is 2. The van der Waals surface area contributed by atoms with Crippen LogP contribution >= 0.6 is 11.3 Å². The number of benzene rings is 1. The number of hydrogen-bond acceptors (Lipinski definition) is 9. The fourth-order valence-corrected chi connectivity index (χ4v) is 6.26. The van der Waals surface area contributed by atoms with Crippen LogP contribution in [-0.2, 0) is 28.7 Å². The molecular weight excluding hydrogens is 452 g/mol. The second-order valence-corrected chi connectivity index (χ2v) is 11.5. The molecule has 3 rings (SSSR count). The number of rotatable bonds is 9. The number of hydrogen-bond donors (Lipinski definition) is 6. The third-order valence-electron chi connectivity index (χ3n) is 5.26. The normalized spacial score (nSPS) is 17.2. The molecule has 0 radical (unpaired) electrons. The van der Waals surface area contributed by atoms with Gasteiger partial charge in [-0.2, -0.15) is 9.98 Å². The molecule has 0 bridgehead atoms. The average molecular weight is 481 g/mol. The van der Waals surface area contributed by atoms with Gasteiger partial charge in [0.15, 0.2) is 5.01 Å². The molecule has 1 aromatic carbocycles. The van der Waals surface area contributed by atoms with Gasteiger partial charge in [0.1, 0.15) is 20.4 Å². The SMILES string of the molecule is CC(C)c1cc(C#N)cc(C2CC2)c1CC(O)NS(=N)(=O)c1sc(C(C)(O)O)nc1CO. The Balaban J connectivity index is 1.92. The van der Waals surface area contributed by atoms with Gasteiger partial charge in [0.2, 0.25) is 5.79 Å². The quantitative estimate of drug-likeness (QED) is 0.298. The molecule has 1 aliphatic rings. The Hall–Kier alpha value is -1.91. The fourth-order valence-electron chi connectivity index (χ4n) is 3.64. The Morgan fingerprint density at radius 1 is 1.41 bits per heavy atom. The van der Waals surface area contributed by atoms with Crippen molar-refractivity contribution in [3.63, 3.8) is 0 Å². The van der Waals surface area contributed by atoms with Crippen LogP contribution in [0.2, 0.25) is 0 Å². The Morgan fingerprint density at radius 3 is 2.56 bits per heavy atom. The molecule has 0 saturated heterocycles. The summed E-state index contributed by atoms with van der Waals surface area (Å²) in [6.07, 6.45) is 0.735. The molecule has 1 aromatic heterocycles. The van der Waals surface area contributed by atoms with Gasteiger partial charge in [0.05, 0.1) is 23.9 Å². The van der Waals surface area contributed by atoms with E-state index in [1.54, 1.807) is 6.07 Å². The fraction of sp³-hybridized carbons (Fsp3) is 0.524. The maximum absolute atomic E-state index is 13.1. The summed E-state index contributed by atoms with van der Waals surface area (Å²) in [5.74, 6) is -1.89. The monoisotopic (exact) mass is 480 g/mol. The van der Waals surface area contributed by atoms with Crippen molar-refractivity contribution in [3.8, 4) is 6.07 Å². The summed E-state index contributed by atoms with van der Waals surface area (Å²) in [7, 11) is -3.80. The smallest absolute Gasteiger partial charge is 0.214 e. The number of nitrogens with zero attached hydrogens (tertiary/aromatic N) is 2. The summed E-state index contributed by atoms with van der Waals surface area (Å²) < 4.78 is 23.6. The molecule has 6 N–H and O–H groups in total. The standard InChI is InChI=1S/C21H28N4O5S2/c1-11(2)14-6-12(9-22)7-15(13-4-5-13)16(14)8-18(27)25-32(23,30)19-17(10-26)24-20(31-19)21(3,28)29/h6-7,11,13,18,26-29H,4-5,8,10H2,1-3H3,(H2,23,25,30). The zero-order valence-electron chi connectivity index (χ0n) is 18.1. The molecule has 1 heterocycles. The van der Waals surface area contributed by atoms with Crippen molar-refractivity contribution in [2.24, 2.45) is 0 Å². The zero-order valence-corrected chi connectivity index (χ0v) is 19.8. The van der Waals surface area contributed by atoms with E-state index in [-0.39, 0.29) is 27.2 Å². The van der Waals surface area contributed by atoms with Gasteiger partial charge in [-0.05, 0) is 60.4 Å². The molecular formula is C21H28N4O5S2. The highest BCUT2D eigenvalue weighted by Crippen LogP contribution is 2.44. The van der Waals surface area contributed by atoms with Crippen LogP contribution in [0.25, 0.3) is 0 Å². The Labute approximate surface area is 191 Å². The maximum Gasteiger partial charge on any atom is 0.214 e. The van der Waals surface area contributed by atoms with Crippen LogP contribution in [0, 0.1) is 16.1 Å². The first-order valence-electron chi connectivity index (χ1n) is 10.2. The van der Waals surface area contributed by atoms with Crippen LogP contribution in [0.3, 0.4) is 0 Å². The molecule has 174 valence electrons. The highest BCUT2D eigenvalue weighted by Gasteiger charge is 2.32. The Kier molecular flexibility index (Phi) is 7.07. The van der Waals surface area contributed by atoms with Crippen molar-refractivity contribution in [2.45, 2.75) is 74.7 Å². The minimum Gasteiger partial charge on any atom is -0.390 e. The maximum atomic E-state index is 13.1. The van der Waals surface area contributed by atoms with Crippen LogP contribution in [0.1, 0.15) is 78.4 Å². The number of aliphatic hydroxyl groups is 4. The topological polar surface area (TPSA) is 171 Å². The van der Waals surface area contributed by atoms with Crippen molar-refractivity contribution >= 4 is 21.3 Å².